The fraction of sp³-hybridized carbons (Fsp3) is 0.929. The number of rotatable bonds is 6. The van der Waals surface area contributed by atoms with Crippen LogP contribution in [0.5, 0.6) is 0 Å². The van der Waals surface area contributed by atoms with Crippen LogP contribution < -0.4 is 5.32 Å². The second-order valence-corrected chi connectivity index (χ2v) is 5.20. The normalized spacial score (nSPS) is 18.4. The van der Waals surface area contributed by atoms with Gasteiger partial charge in [0.15, 0.2) is 0 Å². The molecule has 1 aliphatic carbocycles. The van der Waals surface area contributed by atoms with Crippen LogP contribution in [0.15, 0.2) is 0 Å². The largest absolute Gasteiger partial charge is 0.395 e. The summed E-state index contributed by atoms with van der Waals surface area (Å²) in [5, 5.41) is 12.0. The quantitative estimate of drug-likeness (QED) is 0.758. The highest BCUT2D eigenvalue weighted by atomic mass is 16.3. The zero-order valence-electron chi connectivity index (χ0n) is 11.7. The van der Waals surface area contributed by atoms with Crippen molar-refractivity contribution in [2.24, 2.45) is 0 Å². The summed E-state index contributed by atoms with van der Waals surface area (Å²) in [6.45, 7) is 3.92. The zero-order chi connectivity index (χ0) is 13.2. The zero-order valence-corrected chi connectivity index (χ0v) is 11.7. The molecule has 0 saturated heterocycles. The maximum atomic E-state index is 11.9. The van der Waals surface area contributed by atoms with Crippen molar-refractivity contribution in [3.8, 4) is 0 Å². The van der Waals surface area contributed by atoms with Crippen LogP contribution in [0.4, 0.5) is 0 Å². The van der Waals surface area contributed by atoms with Crippen LogP contribution in [-0.2, 0) is 4.79 Å². The van der Waals surface area contributed by atoms with Crippen molar-refractivity contribution < 1.29 is 9.90 Å². The second kappa shape index (κ2) is 9.34. The van der Waals surface area contributed by atoms with E-state index in [1.165, 1.54) is 32.1 Å². The van der Waals surface area contributed by atoms with Crippen molar-refractivity contribution >= 4 is 5.91 Å². The summed E-state index contributed by atoms with van der Waals surface area (Å²) in [5.41, 5.74) is 0. The summed E-state index contributed by atoms with van der Waals surface area (Å²) in [6, 6.07) is 0.366. The van der Waals surface area contributed by atoms with Crippen molar-refractivity contribution in [3.63, 3.8) is 0 Å². The molecule has 0 heterocycles. The molecule has 0 bridgehead atoms. The highest BCUT2D eigenvalue weighted by Gasteiger charge is 2.15. The minimum Gasteiger partial charge on any atom is -0.395 e. The fourth-order valence-electron chi connectivity index (χ4n) is 2.57. The van der Waals surface area contributed by atoms with Gasteiger partial charge < -0.3 is 10.4 Å². The number of carbonyl (C=O) groups is 1. The van der Waals surface area contributed by atoms with Crippen LogP contribution in [0.25, 0.3) is 0 Å². The molecule has 1 saturated carbocycles. The van der Waals surface area contributed by atoms with Crippen molar-refractivity contribution in [1.82, 2.24) is 10.2 Å². The molecule has 0 spiro atoms. The summed E-state index contributed by atoms with van der Waals surface area (Å²) in [4.78, 5) is 13.9. The van der Waals surface area contributed by atoms with E-state index in [0.717, 1.165) is 19.4 Å². The highest BCUT2D eigenvalue weighted by molar-refractivity contribution is 5.78. The Balaban J connectivity index is 2.28. The molecule has 1 amide bonds. The summed E-state index contributed by atoms with van der Waals surface area (Å²) < 4.78 is 0. The number of amides is 1. The third-order valence-corrected chi connectivity index (χ3v) is 3.70. The lowest BCUT2D eigenvalue weighted by Gasteiger charge is -2.23. The van der Waals surface area contributed by atoms with Gasteiger partial charge >= 0.3 is 0 Å². The van der Waals surface area contributed by atoms with E-state index in [1.807, 2.05) is 11.8 Å². The van der Waals surface area contributed by atoms with Crippen LogP contribution >= 0.6 is 0 Å². The Morgan fingerprint density at radius 1 is 1.22 bits per heavy atom. The van der Waals surface area contributed by atoms with Crippen molar-refractivity contribution in [2.75, 3.05) is 26.2 Å². The maximum absolute atomic E-state index is 11.9. The van der Waals surface area contributed by atoms with Crippen molar-refractivity contribution in [3.05, 3.63) is 0 Å². The van der Waals surface area contributed by atoms with E-state index in [-0.39, 0.29) is 12.5 Å². The van der Waals surface area contributed by atoms with E-state index in [1.54, 1.807) is 0 Å². The number of likely N-dealkylation sites (N-methyl/N-ethyl adjacent to an activating group) is 1. The molecular weight excluding hydrogens is 228 g/mol. The third kappa shape index (κ3) is 6.36. The Morgan fingerprint density at radius 2 is 1.83 bits per heavy atom. The summed E-state index contributed by atoms with van der Waals surface area (Å²) in [7, 11) is 0. The maximum Gasteiger partial charge on any atom is 0.234 e. The average Bonchev–Trinajstić information content (AvgIpc) is 2.32. The van der Waals surface area contributed by atoms with Crippen LogP contribution in [0.3, 0.4) is 0 Å². The molecule has 0 radical (unpaired) electrons. The number of nitrogens with zero attached hydrogens (tertiary/aromatic N) is 1. The molecule has 0 aromatic rings. The molecular formula is C14H28N2O2. The molecule has 0 aliphatic heterocycles. The standard InChI is InChI=1S/C14H28N2O2/c1-2-16(10-11-17)12-14(18)15-13-8-6-4-3-5-7-9-13/h13,17H,2-12H2,1H3,(H,15,18). The number of aliphatic hydroxyl groups is 1. The average molecular weight is 256 g/mol. The molecule has 0 atom stereocenters. The van der Waals surface area contributed by atoms with Gasteiger partial charge in [0, 0.05) is 12.6 Å². The lowest BCUT2D eigenvalue weighted by Crippen LogP contribution is -2.43. The van der Waals surface area contributed by atoms with Crippen LogP contribution in [0.1, 0.15) is 51.9 Å². The second-order valence-electron chi connectivity index (χ2n) is 5.20. The molecule has 106 valence electrons. The van der Waals surface area contributed by atoms with Gasteiger partial charge in [-0.2, -0.15) is 0 Å². The van der Waals surface area contributed by atoms with E-state index in [0.29, 0.717) is 19.1 Å². The smallest absolute Gasteiger partial charge is 0.234 e. The predicted molar refractivity (Wildman–Crippen MR) is 73.4 cm³/mol. The first-order valence-corrected chi connectivity index (χ1v) is 7.38. The van der Waals surface area contributed by atoms with E-state index in [9.17, 15) is 4.79 Å². The first kappa shape index (κ1) is 15.4. The van der Waals surface area contributed by atoms with Gasteiger partial charge in [0.2, 0.25) is 5.91 Å². The summed E-state index contributed by atoms with van der Waals surface area (Å²) in [5.74, 6) is 0.107. The minimum absolute atomic E-state index is 0.107. The van der Waals surface area contributed by atoms with E-state index in [2.05, 4.69) is 5.32 Å². The molecule has 18 heavy (non-hydrogen) atoms. The number of hydrogen-bond acceptors (Lipinski definition) is 3. The number of hydrogen-bond donors (Lipinski definition) is 2. The first-order valence-electron chi connectivity index (χ1n) is 7.38. The van der Waals surface area contributed by atoms with Crippen molar-refractivity contribution in [2.45, 2.75) is 57.9 Å². The van der Waals surface area contributed by atoms with Crippen molar-refractivity contribution in [1.29, 1.82) is 0 Å². The van der Waals surface area contributed by atoms with E-state index in [4.69, 9.17) is 5.11 Å². The van der Waals surface area contributed by atoms with Crippen LogP contribution in [-0.4, -0.2) is 48.2 Å². The Bertz CT molecular complexity index is 226. The Kier molecular flexibility index (Phi) is 8.01. The number of nitrogens with one attached hydrogen (secondary N) is 1. The summed E-state index contributed by atoms with van der Waals surface area (Å²) >= 11 is 0. The van der Waals surface area contributed by atoms with E-state index >= 15 is 0 Å². The molecule has 4 heteroatoms. The Labute approximate surface area is 111 Å². The fourth-order valence-corrected chi connectivity index (χ4v) is 2.57. The highest BCUT2D eigenvalue weighted by Crippen LogP contribution is 2.16. The first-order chi connectivity index (χ1) is 8.76. The van der Waals surface area contributed by atoms with Gasteiger partial charge in [-0.05, 0) is 19.4 Å². The lowest BCUT2D eigenvalue weighted by molar-refractivity contribution is -0.123. The Hall–Kier alpha value is -0.610. The van der Waals surface area contributed by atoms with Gasteiger partial charge in [-0.15, -0.1) is 0 Å². The lowest BCUT2D eigenvalue weighted by atomic mass is 9.97. The molecule has 0 aromatic heterocycles. The molecule has 2 N–H and O–H groups in total. The van der Waals surface area contributed by atoms with Gasteiger partial charge in [-0.3, -0.25) is 9.69 Å². The van der Waals surface area contributed by atoms with E-state index < -0.39 is 0 Å². The van der Waals surface area contributed by atoms with Gasteiger partial charge in [-0.1, -0.05) is 39.0 Å². The SMILES string of the molecule is CCN(CCO)CC(=O)NC1CCCCCCC1. The van der Waals surface area contributed by atoms with Crippen LogP contribution in [0, 0.1) is 0 Å². The molecule has 0 unspecified atom stereocenters. The molecule has 0 aromatic carbocycles. The number of carbonyl (C=O) groups excluding carboxylic acids is 1. The van der Waals surface area contributed by atoms with Crippen LogP contribution in [0.2, 0.25) is 0 Å². The topological polar surface area (TPSA) is 52.6 Å². The summed E-state index contributed by atoms with van der Waals surface area (Å²) in [6.07, 6.45) is 8.67. The predicted octanol–water partition coefficient (Wildman–Crippen LogP) is 1.53. The molecule has 1 aliphatic rings. The third-order valence-electron chi connectivity index (χ3n) is 3.70. The minimum atomic E-state index is 0.107. The van der Waals surface area contributed by atoms with Gasteiger partial charge in [0.25, 0.3) is 0 Å². The van der Waals surface area contributed by atoms with Gasteiger partial charge in [0.1, 0.15) is 0 Å². The molecule has 1 fully saturated rings. The Morgan fingerprint density at radius 3 is 2.39 bits per heavy atom. The van der Waals surface area contributed by atoms with Gasteiger partial charge in [0.05, 0.1) is 13.2 Å². The van der Waals surface area contributed by atoms with Gasteiger partial charge in [-0.25, -0.2) is 0 Å². The molecule has 4 nitrogen and oxygen atoms in total. The molecule has 1 rings (SSSR count). The number of aliphatic hydroxyl groups excluding tert-OH is 1. The monoisotopic (exact) mass is 256 g/mol.